The zero-order valence-corrected chi connectivity index (χ0v) is 11.1. The van der Waals surface area contributed by atoms with Crippen LogP contribution in [0.4, 0.5) is 0 Å². The number of thiophene rings is 1. The van der Waals surface area contributed by atoms with Crippen LogP contribution in [0.1, 0.15) is 34.2 Å². The van der Waals surface area contributed by atoms with E-state index < -0.39 is 0 Å². The van der Waals surface area contributed by atoms with Crippen molar-refractivity contribution in [2.75, 3.05) is 6.54 Å². The number of carbonyl (C=O) groups excluding carboxylic acids is 1. The molecule has 0 radical (unpaired) electrons. The van der Waals surface area contributed by atoms with Crippen LogP contribution in [0.15, 0.2) is 29.8 Å². The van der Waals surface area contributed by atoms with Crippen LogP contribution in [0.25, 0.3) is 0 Å². The molecule has 2 aromatic heterocycles. The lowest BCUT2D eigenvalue weighted by molar-refractivity contribution is 0.0731. The zero-order valence-electron chi connectivity index (χ0n) is 10.2. The van der Waals surface area contributed by atoms with Crippen molar-refractivity contribution in [1.82, 2.24) is 14.7 Å². The molecule has 1 aliphatic rings. The second-order valence-corrected chi connectivity index (χ2v) is 5.53. The van der Waals surface area contributed by atoms with Crippen molar-refractivity contribution >= 4 is 17.2 Å². The van der Waals surface area contributed by atoms with Gasteiger partial charge in [-0.05, 0) is 30.4 Å². The summed E-state index contributed by atoms with van der Waals surface area (Å²) in [6.07, 6.45) is 3.93. The summed E-state index contributed by atoms with van der Waals surface area (Å²) in [5.74, 6) is 0.0477. The topological polar surface area (TPSA) is 38.1 Å². The highest BCUT2D eigenvalue weighted by Crippen LogP contribution is 2.35. The summed E-state index contributed by atoms with van der Waals surface area (Å²) in [6.45, 7) is 0.831. The van der Waals surface area contributed by atoms with Gasteiger partial charge in [0.05, 0.1) is 6.04 Å². The summed E-state index contributed by atoms with van der Waals surface area (Å²) >= 11 is 1.72. The Morgan fingerprint density at radius 2 is 2.39 bits per heavy atom. The van der Waals surface area contributed by atoms with Gasteiger partial charge in [0.25, 0.3) is 5.91 Å². The molecule has 1 amide bonds. The van der Waals surface area contributed by atoms with Crippen LogP contribution in [0.3, 0.4) is 0 Å². The lowest BCUT2D eigenvalue weighted by Crippen LogP contribution is -2.30. The first-order chi connectivity index (χ1) is 8.75. The third kappa shape index (κ3) is 1.95. The summed E-state index contributed by atoms with van der Waals surface area (Å²) in [5, 5.41) is 6.27. The number of hydrogen-bond acceptors (Lipinski definition) is 3. The second kappa shape index (κ2) is 4.57. The Kier molecular flexibility index (Phi) is 2.91. The van der Waals surface area contributed by atoms with Crippen LogP contribution in [-0.2, 0) is 7.05 Å². The van der Waals surface area contributed by atoms with Gasteiger partial charge in [0.1, 0.15) is 5.69 Å². The molecule has 0 bridgehead atoms. The predicted octanol–water partition coefficient (Wildman–Crippen LogP) is 2.46. The first-order valence-corrected chi connectivity index (χ1v) is 6.97. The first kappa shape index (κ1) is 11.5. The van der Waals surface area contributed by atoms with E-state index in [4.69, 9.17) is 0 Å². The van der Waals surface area contributed by atoms with E-state index in [2.05, 4.69) is 16.5 Å². The minimum absolute atomic E-state index is 0.0477. The number of amides is 1. The molecule has 1 aliphatic heterocycles. The number of rotatable bonds is 2. The van der Waals surface area contributed by atoms with Gasteiger partial charge < -0.3 is 4.90 Å². The predicted molar refractivity (Wildman–Crippen MR) is 70.5 cm³/mol. The van der Waals surface area contributed by atoms with Gasteiger partial charge in [-0.3, -0.25) is 9.48 Å². The summed E-state index contributed by atoms with van der Waals surface area (Å²) < 4.78 is 1.67. The van der Waals surface area contributed by atoms with Gasteiger partial charge in [-0.2, -0.15) is 5.10 Å². The fourth-order valence-corrected chi connectivity index (χ4v) is 3.34. The molecule has 0 spiro atoms. The monoisotopic (exact) mass is 261 g/mol. The van der Waals surface area contributed by atoms with Gasteiger partial charge in [0.15, 0.2) is 0 Å². The van der Waals surface area contributed by atoms with E-state index in [9.17, 15) is 4.79 Å². The Morgan fingerprint density at radius 1 is 1.50 bits per heavy atom. The van der Waals surface area contributed by atoms with Crippen LogP contribution >= 0.6 is 11.3 Å². The van der Waals surface area contributed by atoms with Crippen molar-refractivity contribution < 1.29 is 4.79 Å². The molecule has 4 nitrogen and oxygen atoms in total. The van der Waals surface area contributed by atoms with E-state index in [1.165, 1.54) is 4.88 Å². The smallest absolute Gasteiger partial charge is 0.274 e. The second-order valence-electron chi connectivity index (χ2n) is 4.55. The van der Waals surface area contributed by atoms with Crippen molar-refractivity contribution in [1.29, 1.82) is 0 Å². The van der Waals surface area contributed by atoms with Gasteiger partial charge in [-0.25, -0.2) is 0 Å². The Bertz CT molecular complexity index is 546. The zero-order chi connectivity index (χ0) is 12.5. The molecule has 0 unspecified atom stereocenters. The molecule has 1 fully saturated rings. The number of likely N-dealkylation sites (tertiary alicyclic amines) is 1. The van der Waals surface area contributed by atoms with E-state index in [1.807, 2.05) is 24.2 Å². The number of hydrogen-bond donors (Lipinski definition) is 0. The standard InChI is InChI=1S/C13H15N3OS/c1-15-8-6-10(14-15)13(17)16-7-2-4-11(16)12-5-3-9-18-12/h3,5-6,8-9,11H,2,4,7H2,1H3/t11-/m1/s1. The molecule has 2 aromatic rings. The third-order valence-corrected chi connectivity index (χ3v) is 4.29. The summed E-state index contributed by atoms with van der Waals surface area (Å²) in [4.78, 5) is 15.6. The number of aromatic nitrogens is 2. The molecule has 3 heterocycles. The quantitative estimate of drug-likeness (QED) is 0.833. The molecule has 5 heteroatoms. The van der Waals surface area contributed by atoms with Gasteiger partial charge in [0, 0.05) is 24.7 Å². The lowest BCUT2D eigenvalue weighted by atomic mass is 10.2. The molecule has 0 aromatic carbocycles. The van der Waals surface area contributed by atoms with Crippen LogP contribution in [-0.4, -0.2) is 27.1 Å². The Hall–Kier alpha value is -1.62. The maximum absolute atomic E-state index is 12.4. The molecular weight excluding hydrogens is 246 g/mol. The average Bonchev–Trinajstić information content (AvgIpc) is 3.08. The van der Waals surface area contributed by atoms with E-state index in [0.29, 0.717) is 5.69 Å². The SMILES string of the molecule is Cn1ccc(C(=O)N2CCC[C@@H]2c2cccs2)n1. The van der Waals surface area contributed by atoms with Crippen molar-refractivity contribution in [3.63, 3.8) is 0 Å². The minimum Gasteiger partial charge on any atom is -0.329 e. The highest BCUT2D eigenvalue weighted by Gasteiger charge is 2.31. The normalized spacial score (nSPS) is 19.4. The molecule has 3 rings (SSSR count). The lowest BCUT2D eigenvalue weighted by Gasteiger charge is -2.22. The van der Waals surface area contributed by atoms with Crippen LogP contribution in [0.2, 0.25) is 0 Å². The number of aryl methyl sites for hydroxylation is 1. The molecule has 18 heavy (non-hydrogen) atoms. The first-order valence-electron chi connectivity index (χ1n) is 6.10. The summed E-state index contributed by atoms with van der Waals surface area (Å²) in [5.41, 5.74) is 0.543. The number of carbonyl (C=O) groups is 1. The molecule has 94 valence electrons. The van der Waals surface area contributed by atoms with Crippen molar-refractivity contribution in [2.24, 2.45) is 7.05 Å². The van der Waals surface area contributed by atoms with E-state index in [0.717, 1.165) is 19.4 Å². The van der Waals surface area contributed by atoms with E-state index >= 15 is 0 Å². The highest BCUT2D eigenvalue weighted by molar-refractivity contribution is 7.10. The van der Waals surface area contributed by atoms with Crippen molar-refractivity contribution in [3.8, 4) is 0 Å². The van der Waals surface area contributed by atoms with Crippen LogP contribution in [0, 0.1) is 0 Å². The highest BCUT2D eigenvalue weighted by atomic mass is 32.1. The van der Waals surface area contributed by atoms with Crippen molar-refractivity contribution in [3.05, 3.63) is 40.3 Å². The largest absolute Gasteiger partial charge is 0.329 e. The molecule has 1 saturated heterocycles. The fraction of sp³-hybridized carbons (Fsp3) is 0.385. The van der Waals surface area contributed by atoms with E-state index in [-0.39, 0.29) is 11.9 Å². The third-order valence-electron chi connectivity index (χ3n) is 3.32. The molecule has 1 atom stereocenters. The fourth-order valence-electron chi connectivity index (χ4n) is 2.46. The van der Waals surface area contributed by atoms with E-state index in [1.54, 1.807) is 22.1 Å². The minimum atomic E-state index is 0.0477. The maximum atomic E-state index is 12.4. The molecular formula is C13H15N3OS. The van der Waals surface area contributed by atoms with Crippen LogP contribution < -0.4 is 0 Å². The van der Waals surface area contributed by atoms with Crippen LogP contribution in [0.5, 0.6) is 0 Å². The van der Waals surface area contributed by atoms with Gasteiger partial charge in [-0.1, -0.05) is 6.07 Å². The molecule has 0 N–H and O–H groups in total. The average molecular weight is 261 g/mol. The Balaban J connectivity index is 1.85. The van der Waals surface area contributed by atoms with Crippen molar-refractivity contribution in [2.45, 2.75) is 18.9 Å². The van der Waals surface area contributed by atoms with Gasteiger partial charge in [0.2, 0.25) is 0 Å². The Morgan fingerprint density at radius 3 is 3.06 bits per heavy atom. The van der Waals surface area contributed by atoms with Gasteiger partial charge in [-0.15, -0.1) is 11.3 Å². The summed E-state index contributed by atoms with van der Waals surface area (Å²) in [6, 6.07) is 6.17. The summed E-state index contributed by atoms with van der Waals surface area (Å²) in [7, 11) is 1.83. The molecule has 0 saturated carbocycles. The van der Waals surface area contributed by atoms with Gasteiger partial charge >= 0.3 is 0 Å². The Labute approximate surface area is 110 Å². The molecule has 0 aliphatic carbocycles. The number of nitrogens with zero attached hydrogens (tertiary/aromatic N) is 3. The maximum Gasteiger partial charge on any atom is 0.274 e.